The predicted octanol–water partition coefficient (Wildman–Crippen LogP) is 26.0. The van der Waals surface area contributed by atoms with Crippen LogP contribution in [-0.4, -0.2) is 87.4 Å². The van der Waals surface area contributed by atoms with Gasteiger partial charge in [-0.15, -0.1) is 0 Å². The zero-order valence-corrected chi connectivity index (χ0v) is 64.7. The fourth-order valence-electron chi connectivity index (χ4n) is 10.2. The minimum absolute atomic E-state index is 0.175. The molecule has 0 saturated heterocycles. The maximum Gasteiger partial charge on any atom is 0.361 e. The number of nitrogens with zero attached hydrogens (tertiary/aromatic N) is 1. The zero-order valence-electron chi connectivity index (χ0n) is 64.7. The second-order valence-corrected chi connectivity index (χ2v) is 26.9. The van der Waals surface area contributed by atoms with Crippen LogP contribution in [0, 0.1) is 0 Å². The van der Waals surface area contributed by atoms with E-state index in [9.17, 15) is 19.5 Å². The van der Waals surface area contributed by atoms with Crippen LogP contribution in [-0.2, 0) is 33.3 Å². The number of hydrogen-bond acceptors (Lipinski definition) is 7. The van der Waals surface area contributed by atoms with Crippen molar-refractivity contribution < 1.29 is 42.9 Å². The molecule has 2 unspecified atom stereocenters. The number of hydrogen-bond donors (Lipinski definition) is 1. The Bertz CT molecular complexity index is 2470. The molecule has 0 aliphatic carbocycles. The summed E-state index contributed by atoms with van der Waals surface area (Å²) >= 11 is 0. The molecule has 0 rings (SSSR count). The van der Waals surface area contributed by atoms with Gasteiger partial charge < -0.3 is 28.5 Å². The molecule has 0 aromatic rings. The van der Waals surface area contributed by atoms with Gasteiger partial charge in [0.05, 0.1) is 34.4 Å². The van der Waals surface area contributed by atoms with Crippen molar-refractivity contribution in [1.82, 2.24) is 0 Å². The van der Waals surface area contributed by atoms with E-state index in [1.807, 2.05) is 21.1 Å². The number of unbranched alkanes of at least 4 members (excludes halogenated alkanes) is 20. The number of carbonyl (C=O) groups is 3. The third-order valence-electron chi connectivity index (χ3n) is 16.2. The van der Waals surface area contributed by atoms with Gasteiger partial charge in [-0.05, 0) is 154 Å². The van der Waals surface area contributed by atoms with Crippen LogP contribution in [0.2, 0.25) is 0 Å². The van der Waals surface area contributed by atoms with Gasteiger partial charge in [0.15, 0.2) is 6.10 Å². The molecule has 0 spiro atoms. The average molecular weight is 1390 g/mol. The Morgan fingerprint density at radius 1 is 0.297 bits per heavy atom. The van der Waals surface area contributed by atoms with Crippen molar-refractivity contribution in [3.8, 4) is 0 Å². The average Bonchev–Trinajstić information content (AvgIpc) is 1.21. The Labute approximate surface area is 619 Å². The van der Waals surface area contributed by atoms with E-state index in [-0.39, 0.29) is 38.6 Å². The maximum absolute atomic E-state index is 13.0. The van der Waals surface area contributed by atoms with Crippen molar-refractivity contribution in [1.29, 1.82) is 0 Å². The van der Waals surface area contributed by atoms with Gasteiger partial charge in [-0.25, -0.2) is 4.79 Å². The van der Waals surface area contributed by atoms with Crippen molar-refractivity contribution in [2.45, 2.75) is 296 Å². The number of rotatable bonds is 71. The lowest BCUT2D eigenvalue weighted by atomic mass is 10.0. The highest BCUT2D eigenvalue weighted by Crippen LogP contribution is 2.16. The molecule has 0 aromatic heterocycles. The fraction of sp³-hybridized carbons (Fsp3) is 0.576. The highest BCUT2D eigenvalue weighted by Gasteiger charge is 2.25. The van der Waals surface area contributed by atoms with Crippen LogP contribution in [0.3, 0.4) is 0 Å². The highest BCUT2D eigenvalue weighted by atomic mass is 16.7. The normalized spacial score (nSPS) is 13.9. The van der Waals surface area contributed by atoms with Gasteiger partial charge in [-0.3, -0.25) is 9.59 Å². The van der Waals surface area contributed by atoms with Crippen molar-refractivity contribution in [2.24, 2.45) is 0 Å². The molecule has 0 saturated carbocycles. The number of ether oxygens (including phenoxy) is 4. The number of carbonyl (C=O) groups excluding carboxylic acids is 2. The summed E-state index contributed by atoms with van der Waals surface area (Å²) in [5, 5.41) is 9.78. The van der Waals surface area contributed by atoms with Crippen LogP contribution in [0.4, 0.5) is 0 Å². The third kappa shape index (κ3) is 80.8. The van der Waals surface area contributed by atoms with Crippen molar-refractivity contribution in [2.75, 3.05) is 47.5 Å². The van der Waals surface area contributed by atoms with Gasteiger partial charge in [0.1, 0.15) is 13.2 Å². The molecule has 0 radical (unpaired) electrons. The van der Waals surface area contributed by atoms with Crippen LogP contribution in [0.15, 0.2) is 219 Å². The first-order valence-electron chi connectivity index (χ1n) is 39.9. The summed E-state index contributed by atoms with van der Waals surface area (Å²) in [6.45, 7) is 4.62. The third-order valence-corrected chi connectivity index (χ3v) is 16.2. The van der Waals surface area contributed by atoms with Gasteiger partial charge in [0, 0.05) is 12.8 Å². The van der Waals surface area contributed by atoms with Gasteiger partial charge in [-0.2, -0.15) is 0 Å². The molecule has 9 heteroatoms. The van der Waals surface area contributed by atoms with Crippen LogP contribution in [0.1, 0.15) is 284 Å². The number of carboxylic acids is 1. The summed E-state index contributed by atoms with van der Waals surface area (Å²) in [7, 11) is 5.97. The summed E-state index contributed by atoms with van der Waals surface area (Å²) < 4.78 is 23.0. The molecule has 2 atom stereocenters. The molecular weight excluding hydrogens is 1250 g/mol. The molecule has 0 aliphatic heterocycles. The Kier molecular flexibility index (Phi) is 74.3. The van der Waals surface area contributed by atoms with E-state index >= 15 is 0 Å². The lowest BCUT2D eigenvalue weighted by Gasteiger charge is -2.25. The number of carboxylic acid groups (broad SMARTS) is 1. The summed E-state index contributed by atoms with van der Waals surface area (Å²) in [5.41, 5.74) is 0. The van der Waals surface area contributed by atoms with Crippen molar-refractivity contribution in [3.63, 3.8) is 0 Å². The summed E-state index contributed by atoms with van der Waals surface area (Å²) in [4.78, 5) is 37.8. The van der Waals surface area contributed by atoms with E-state index in [2.05, 4.69) is 233 Å². The minimum atomic E-state index is -1.53. The molecule has 0 heterocycles. The largest absolute Gasteiger partial charge is 0.477 e. The van der Waals surface area contributed by atoms with Gasteiger partial charge in [0.25, 0.3) is 6.29 Å². The van der Waals surface area contributed by atoms with E-state index in [1.165, 1.54) is 83.5 Å². The lowest BCUT2D eigenvalue weighted by molar-refractivity contribution is -0.870. The van der Waals surface area contributed by atoms with Crippen LogP contribution >= 0.6 is 0 Å². The van der Waals surface area contributed by atoms with E-state index in [4.69, 9.17) is 18.9 Å². The lowest BCUT2D eigenvalue weighted by Crippen LogP contribution is -2.40. The number of esters is 2. The van der Waals surface area contributed by atoms with Gasteiger partial charge in [0.2, 0.25) is 0 Å². The first-order valence-corrected chi connectivity index (χ1v) is 39.9. The molecule has 101 heavy (non-hydrogen) atoms. The SMILES string of the molecule is CC/C=C\C/C=C\C/C=C\C/C=C\C/C=C\C/C=C\C/C=C\C/C=C\C/C=C\CCCCCCCCCCCCCCCC(=O)OC(COC(=O)CCCCCCCCC/C=C\C/C=C\C/C=C\C/C=C\C/C=C\C/C=C\C/C=C\C/C=C\C/C=C\CC)COC(OCC[N+](C)(C)C)C(=O)O. The molecule has 0 amide bonds. The maximum atomic E-state index is 13.0. The second kappa shape index (κ2) is 79.3. The summed E-state index contributed by atoms with van der Waals surface area (Å²) in [5.74, 6) is -2.04. The molecule has 566 valence electrons. The number of quaternary nitrogens is 1. The van der Waals surface area contributed by atoms with Crippen LogP contribution < -0.4 is 0 Å². The molecule has 0 fully saturated rings. The second-order valence-electron chi connectivity index (χ2n) is 26.9. The molecule has 0 bridgehead atoms. The standard InChI is InChI=1S/C92H145NO8/c1-6-8-10-12-14-16-18-20-22-24-26-28-30-32-34-36-38-40-42-43-44-45-46-47-49-51-53-55-57-59-61-63-65-67-69-71-73-75-77-79-81-83-90(95)101-88(87-100-92(91(96)97)98-85-84-93(3,4)5)86-99-89(94)82-80-78-76-74-72-70-68-66-64-62-60-58-56-54-52-50-48-41-39-37-35-33-31-29-27-25-23-21-19-17-15-13-11-9-7-2/h8-11,14-17,20-23,26-29,32-35,38-41,43-44,46-47,50-53,56,58,62,64,88,92H,6-7,12-13,18-19,24-25,30-31,36-37,42,45,48-49,54-55,57,59-61,63,65-87H2,1-5H3/p+1/b10-8-,11-9-,16-14-,17-15-,22-20-,23-21-,28-26-,29-27-,34-32-,35-33-,40-38-,41-39-,44-43-,47-46-,52-50-,53-51-,58-56-,64-62-. The molecule has 0 aromatic carbocycles. The monoisotopic (exact) mass is 1390 g/mol. The fourth-order valence-corrected chi connectivity index (χ4v) is 10.2. The highest BCUT2D eigenvalue weighted by molar-refractivity contribution is 5.71. The quantitative estimate of drug-likeness (QED) is 0.0211. The number of allylic oxidation sites excluding steroid dienone is 36. The topological polar surface area (TPSA) is 108 Å². The van der Waals surface area contributed by atoms with E-state index in [0.29, 0.717) is 17.4 Å². The van der Waals surface area contributed by atoms with E-state index in [1.54, 1.807) is 0 Å². The Balaban J connectivity index is 4.15. The Hall–Kier alpha value is -6.39. The summed E-state index contributed by atoms with van der Waals surface area (Å²) in [6.07, 6.45) is 122. The predicted molar refractivity (Wildman–Crippen MR) is 437 cm³/mol. The summed E-state index contributed by atoms with van der Waals surface area (Å²) in [6, 6.07) is 0. The number of likely N-dealkylation sites (N-methyl/N-ethyl adjacent to an activating group) is 1. The Morgan fingerprint density at radius 3 is 0.792 bits per heavy atom. The van der Waals surface area contributed by atoms with E-state index < -0.39 is 24.3 Å². The first-order chi connectivity index (χ1) is 49.6. The first kappa shape index (κ1) is 94.6. The molecule has 9 nitrogen and oxygen atoms in total. The Morgan fingerprint density at radius 2 is 0.535 bits per heavy atom. The zero-order chi connectivity index (χ0) is 73.2. The van der Waals surface area contributed by atoms with Crippen LogP contribution in [0.5, 0.6) is 0 Å². The van der Waals surface area contributed by atoms with Crippen molar-refractivity contribution in [3.05, 3.63) is 219 Å². The molecule has 1 N–H and O–H groups in total. The molecular formula is C92H146NO8+. The van der Waals surface area contributed by atoms with Crippen LogP contribution in [0.25, 0.3) is 0 Å². The van der Waals surface area contributed by atoms with Gasteiger partial charge >= 0.3 is 17.9 Å². The molecule has 0 aliphatic rings. The van der Waals surface area contributed by atoms with Gasteiger partial charge in [-0.1, -0.05) is 335 Å². The van der Waals surface area contributed by atoms with E-state index in [0.717, 1.165) is 167 Å². The van der Waals surface area contributed by atoms with Crippen molar-refractivity contribution >= 4 is 17.9 Å². The number of aliphatic carboxylic acids is 1. The smallest absolute Gasteiger partial charge is 0.361 e. The minimum Gasteiger partial charge on any atom is -0.477 e.